The number of H-pyrrole nitrogens is 1. The number of nitrogens with one attached hydrogen (secondary N) is 1. The molecular formula is C21H21NO2S. The highest BCUT2D eigenvalue weighted by molar-refractivity contribution is 7.19. The molecule has 1 N–H and O–H groups in total. The Kier molecular flexibility index (Phi) is 4.14. The van der Waals surface area contributed by atoms with Crippen LogP contribution in [-0.4, -0.2) is 19.2 Å². The summed E-state index contributed by atoms with van der Waals surface area (Å²) in [6.07, 6.45) is 2.16. The Labute approximate surface area is 151 Å². The van der Waals surface area contributed by atoms with E-state index in [2.05, 4.69) is 42.2 Å². The normalized spacial score (nSPS) is 11.3. The molecule has 128 valence electrons. The highest BCUT2D eigenvalue weighted by Crippen LogP contribution is 2.46. The summed E-state index contributed by atoms with van der Waals surface area (Å²) in [6, 6.07) is 14.5. The number of benzene rings is 2. The minimum Gasteiger partial charge on any atom is -0.497 e. The molecule has 0 aliphatic carbocycles. The minimum absolute atomic E-state index is 0.845. The van der Waals surface area contributed by atoms with Crippen LogP contribution in [0.25, 0.3) is 32.2 Å². The van der Waals surface area contributed by atoms with Crippen LogP contribution in [0.1, 0.15) is 18.2 Å². The molecule has 0 saturated heterocycles. The topological polar surface area (TPSA) is 34.2 Å². The third kappa shape index (κ3) is 2.57. The van der Waals surface area contributed by atoms with Crippen molar-refractivity contribution in [3.63, 3.8) is 0 Å². The van der Waals surface area contributed by atoms with E-state index in [9.17, 15) is 0 Å². The van der Waals surface area contributed by atoms with Crippen LogP contribution in [0.15, 0.2) is 42.5 Å². The molecule has 0 fully saturated rings. The second-order valence-corrected chi connectivity index (χ2v) is 7.20. The average Bonchev–Trinajstić information content (AvgIpc) is 3.17. The zero-order chi connectivity index (χ0) is 17.4. The van der Waals surface area contributed by atoms with Crippen molar-refractivity contribution in [3.8, 4) is 22.6 Å². The van der Waals surface area contributed by atoms with Gasteiger partial charge in [-0.3, -0.25) is 0 Å². The maximum Gasteiger partial charge on any atom is 0.127 e. The molecule has 0 spiro atoms. The van der Waals surface area contributed by atoms with Gasteiger partial charge in [0.15, 0.2) is 0 Å². The van der Waals surface area contributed by atoms with Gasteiger partial charge in [-0.15, -0.1) is 11.3 Å². The summed E-state index contributed by atoms with van der Waals surface area (Å²) in [5, 5.41) is 2.55. The van der Waals surface area contributed by atoms with Gasteiger partial charge in [-0.05, 0) is 30.7 Å². The summed E-state index contributed by atoms with van der Waals surface area (Å²) in [5.74, 6) is 1.72. The molecule has 3 nitrogen and oxygen atoms in total. The van der Waals surface area contributed by atoms with Crippen molar-refractivity contribution in [2.24, 2.45) is 0 Å². The van der Waals surface area contributed by atoms with E-state index in [1.54, 1.807) is 14.2 Å². The number of aromatic nitrogens is 1. The molecule has 2 heterocycles. The molecule has 0 bridgehead atoms. The summed E-state index contributed by atoms with van der Waals surface area (Å²) < 4.78 is 11.2. The van der Waals surface area contributed by atoms with Gasteiger partial charge < -0.3 is 14.5 Å². The maximum atomic E-state index is 5.68. The van der Waals surface area contributed by atoms with Gasteiger partial charge in [-0.2, -0.15) is 0 Å². The Morgan fingerprint density at radius 1 is 1.04 bits per heavy atom. The van der Waals surface area contributed by atoms with Crippen molar-refractivity contribution in [2.75, 3.05) is 14.2 Å². The van der Waals surface area contributed by atoms with Gasteiger partial charge in [0.2, 0.25) is 0 Å². The van der Waals surface area contributed by atoms with Crippen LogP contribution in [-0.2, 0) is 6.42 Å². The third-order valence-electron chi connectivity index (χ3n) is 4.58. The van der Waals surface area contributed by atoms with Crippen molar-refractivity contribution in [1.82, 2.24) is 4.98 Å². The van der Waals surface area contributed by atoms with E-state index in [1.165, 1.54) is 31.6 Å². The number of ether oxygens (including phenoxy) is 2. The number of rotatable bonds is 5. The number of fused-ring (bicyclic) bond motifs is 3. The van der Waals surface area contributed by atoms with Crippen LogP contribution in [0, 0.1) is 0 Å². The molecule has 0 aliphatic heterocycles. The summed E-state index contributed by atoms with van der Waals surface area (Å²) in [4.78, 5) is 6.20. The lowest BCUT2D eigenvalue weighted by molar-refractivity contribution is 0.404. The van der Waals surface area contributed by atoms with Crippen LogP contribution in [0.5, 0.6) is 11.5 Å². The van der Waals surface area contributed by atoms with Gasteiger partial charge in [-0.1, -0.05) is 31.5 Å². The van der Waals surface area contributed by atoms with E-state index >= 15 is 0 Å². The highest BCUT2D eigenvalue weighted by Gasteiger charge is 2.21. The minimum atomic E-state index is 0.845. The molecule has 2 aromatic heterocycles. The van der Waals surface area contributed by atoms with Crippen molar-refractivity contribution >= 4 is 32.5 Å². The van der Waals surface area contributed by atoms with E-state index in [0.29, 0.717) is 0 Å². The molecule has 4 rings (SSSR count). The number of para-hydroxylation sites is 1. The van der Waals surface area contributed by atoms with Crippen LogP contribution in [0.2, 0.25) is 0 Å². The zero-order valence-electron chi connectivity index (χ0n) is 14.7. The SMILES string of the molecule is CCCc1sc2[nH]c3ccccc3c2c1-c1cc(OC)ccc1OC. The summed E-state index contributed by atoms with van der Waals surface area (Å²) in [6.45, 7) is 2.22. The smallest absolute Gasteiger partial charge is 0.127 e. The van der Waals surface area contributed by atoms with Gasteiger partial charge in [0.25, 0.3) is 0 Å². The quantitative estimate of drug-likeness (QED) is 0.477. The Morgan fingerprint density at radius 2 is 1.88 bits per heavy atom. The first kappa shape index (κ1) is 16.0. The standard InChI is InChI=1S/C21H21NO2S/c1-4-7-18-19(15-12-13(23-2)10-11-17(15)24-3)20-14-8-5-6-9-16(14)22-21(20)25-18/h5-6,8-12,22H,4,7H2,1-3H3. The first-order valence-electron chi connectivity index (χ1n) is 8.51. The number of methoxy groups -OCH3 is 2. The molecule has 4 heteroatoms. The predicted octanol–water partition coefficient (Wildman–Crippen LogP) is 6.02. The van der Waals surface area contributed by atoms with Crippen molar-refractivity contribution in [3.05, 3.63) is 47.3 Å². The van der Waals surface area contributed by atoms with Gasteiger partial charge in [0.1, 0.15) is 16.3 Å². The third-order valence-corrected chi connectivity index (χ3v) is 5.74. The zero-order valence-corrected chi connectivity index (χ0v) is 15.5. The molecule has 25 heavy (non-hydrogen) atoms. The highest BCUT2D eigenvalue weighted by atomic mass is 32.1. The van der Waals surface area contributed by atoms with Crippen molar-refractivity contribution in [2.45, 2.75) is 19.8 Å². The molecular weight excluding hydrogens is 330 g/mol. The molecule has 0 radical (unpaired) electrons. The fourth-order valence-corrected chi connectivity index (χ4v) is 4.79. The number of thiophene rings is 1. The summed E-state index contributed by atoms with van der Waals surface area (Å²) in [5.41, 5.74) is 3.55. The molecule has 0 aliphatic rings. The fraction of sp³-hybridized carbons (Fsp3) is 0.238. The number of hydrogen-bond acceptors (Lipinski definition) is 3. The average molecular weight is 351 g/mol. The molecule has 0 saturated carbocycles. The molecule has 0 amide bonds. The van der Waals surface area contributed by atoms with Gasteiger partial charge in [0.05, 0.1) is 14.2 Å². The summed E-state index contributed by atoms with van der Waals surface area (Å²) in [7, 11) is 3.43. The Balaban J connectivity index is 2.10. The van der Waals surface area contributed by atoms with Crippen LogP contribution >= 0.6 is 11.3 Å². The lowest BCUT2D eigenvalue weighted by atomic mass is 9.98. The lowest BCUT2D eigenvalue weighted by Crippen LogP contribution is -1.92. The largest absolute Gasteiger partial charge is 0.497 e. The molecule has 0 unspecified atom stereocenters. The fourth-order valence-electron chi connectivity index (χ4n) is 3.45. The molecule has 2 aromatic carbocycles. The summed E-state index contributed by atoms with van der Waals surface area (Å²) >= 11 is 1.85. The Morgan fingerprint density at radius 3 is 2.64 bits per heavy atom. The van der Waals surface area contributed by atoms with Gasteiger partial charge in [0, 0.05) is 32.3 Å². The Hall–Kier alpha value is -2.46. The van der Waals surface area contributed by atoms with E-state index in [-0.39, 0.29) is 0 Å². The van der Waals surface area contributed by atoms with Crippen molar-refractivity contribution in [1.29, 1.82) is 0 Å². The number of hydrogen-bond donors (Lipinski definition) is 1. The lowest BCUT2D eigenvalue weighted by Gasteiger charge is -2.12. The van der Waals surface area contributed by atoms with E-state index in [4.69, 9.17) is 9.47 Å². The van der Waals surface area contributed by atoms with Crippen LogP contribution < -0.4 is 9.47 Å². The first-order valence-corrected chi connectivity index (χ1v) is 9.33. The van der Waals surface area contributed by atoms with Crippen LogP contribution in [0.3, 0.4) is 0 Å². The predicted molar refractivity (Wildman–Crippen MR) is 106 cm³/mol. The first-order chi connectivity index (χ1) is 12.3. The maximum absolute atomic E-state index is 5.68. The van der Waals surface area contributed by atoms with Gasteiger partial charge >= 0.3 is 0 Å². The van der Waals surface area contributed by atoms with Crippen molar-refractivity contribution < 1.29 is 9.47 Å². The number of aromatic amines is 1. The number of aryl methyl sites for hydroxylation is 1. The van der Waals surface area contributed by atoms with E-state index in [0.717, 1.165) is 29.9 Å². The molecule has 4 aromatic rings. The van der Waals surface area contributed by atoms with E-state index < -0.39 is 0 Å². The molecule has 0 atom stereocenters. The Bertz CT molecular complexity index is 1040. The second-order valence-electron chi connectivity index (χ2n) is 6.09. The monoisotopic (exact) mass is 351 g/mol. The van der Waals surface area contributed by atoms with Crippen LogP contribution in [0.4, 0.5) is 0 Å². The van der Waals surface area contributed by atoms with E-state index in [1.807, 2.05) is 23.5 Å². The second kappa shape index (κ2) is 6.45. The van der Waals surface area contributed by atoms with Gasteiger partial charge in [-0.25, -0.2) is 0 Å².